The molecule has 0 unspecified atom stereocenters. The molecule has 0 aliphatic heterocycles. The Morgan fingerprint density at radius 2 is 2.00 bits per heavy atom. The Kier molecular flexibility index (Phi) is 3.82. The summed E-state index contributed by atoms with van der Waals surface area (Å²) in [6, 6.07) is 2.78. The van der Waals surface area contributed by atoms with Gasteiger partial charge >= 0.3 is 6.18 Å². The van der Waals surface area contributed by atoms with Crippen LogP contribution in [0, 0.1) is 12.7 Å². The van der Waals surface area contributed by atoms with Crippen molar-refractivity contribution < 1.29 is 17.6 Å². The van der Waals surface area contributed by atoms with E-state index in [0.717, 1.165) is 17.0 Å². The molecule has 0 atom stereocenters. The molecule has 0 radical (unpaired) electrons. The predicted octanol–water partition coefficient (Wildman–Crippen LogP) is 5.02. The van der Waals surface area contributed by atoms with Crippen LogP contribution in [-0.2, 0) is 12.1 Å². The number of thiazole rings is 1. The van der Waals surface area contributed by atoms with Crippen LogP contribution >= 0.6 is 22.9 Å². The minimum atomic E-state index is -4.69. The fourth-order valence-corrected chi connectivity index (χ4v) is 2.82. The van der Waals surface area contributed by atoms with E-state index in [1.807, 2.05) is 0 Å². The first-order valence-electron chi connectivity index (χ1n) is 5.22. The minimum Gasteiger partial charge on any atom is -0.240 e. The molecule has 7 heteroatoms. The summed E-state index contributed by atoms with van der Waals surface area (Å²) >= 11 is 6.94. The van der Waals surface area contributed by atoms with Gasteiger partial charge in [0.05, 0.1) is 17.1 Å². The Labute approximate surface area is 115 Å². The third kappa shape index (κ3) is 2.90. The van der Waals surface area contributed by atoms with Crippen LogP contribution in [-0.4, -0.2) is 4.98 Å². The Hall–Kier alpha value is -1.14. The van der Waals surface area contributed by atoms with Crippen LogP contribution in [0.1, 0.15) is 16.1 Å². The SMILES string of the molecule is Cc1sc(-c2ccc(C(F)(F)F)c(F)c2)nc1CCl. The fourth-order valence-electron chi connectivity index (χ4n) is 1.55. The van der Waals surface area contributed by atoms with Crippen LogP contribution in [0.5, 0.6) is 0 Å². The first-order valence-corrected chi connectivity index (χ1v) is 6.57. The summed E-state index contributed by atoms with van der Waals surface area (Å²) in [4.78, 5) is 5.04. The normalized spacial score (nSPS) is 11.9. The van der Waals surface area contributed by atoms with Crippen molar-refractivity contribution in [2.45, 2.75) is 19.0 Å². The largest absolute Gasteiger partial charge is 0.419 e. The number of aromatic nitrogens is 1. The first-order chi connectivity index (χ1) is 8.82. The van der Waals surface area contributed by atoms with Crippen molar-refractivity contribution in [2.75, 3.05) is 0 Å². The molecule has 0 aliphatic rings. The van der Waals surface area contributed by atoms with Crippen LogP contribution < -0.4 is 0 Å². The van der Waals surface area contributed by atoms with E-state index in [1.54, 1.807) is 6.92 Å². The van der Waals surface area contributed by atoms with E-state index < -0.39 is 17.6 Å². The maximum atomic E-state index is 13.5. The molecule has 0 fully saturated rings. The molecule has 1 aromatic carbocycles. The number of rotatable bonds is 2. The monoisotopic (exact) mass is 309 g/mol. The molecule has 1 heterocycles. The van der Waals surface area contributed by atoms with Crippen LogP contribution in [0.4, 0.5) is 17.6 Å². The van der Waals surface area contributed by atoms with Gasteiger partial charge in [-0.05, 0) is 19.1 Å². The number of hydrogen-bond acceptors (Lipinski definition) is 2. The van der Waals surface area contributed by atoms with E-state index in [0.29, 0.717) is 16.3 Å². The van der Waals surface area contributed by atoms with Gasteiger partial charge in [0.25, 0.3) is 0 Å². The number of alkyl halides is 4. The second kappa shape index (κ2) is 5.09. The van der Waals surface area contributed by atoms with E-state index in [-0.39, 0.29) is 5.88 Å². The molecule has 19 heavy (non-hydrogen) atoms. The lowest BCUT2D eigenvalue weighted by molar-refractivity contribution is -0.139. The summed E-state index contributed by atoms with van der Waals surface area (Å²) in [5.74, 6) is -1.09. The lowest BCUT2D eigenvalue weighted by atomic mass is 10.1. The Morgan fingerprint density at radius 3 is 2.47 bits per heavy atom. The van der Waals surface area contributed by atoms with Crippen LogP contribution in [0.25, 0.3) is 10.6 Å². The molecular weight excluding hydrogens is 302 g/mol. The highest BCUT2D eigenvalue weighted by molar-refractivity contribution is 7.15. The molecule has 2 aromatic rings. The summed E-state index contributed by atoms with van der Waals surface area (Å²) < 4.78 is 50.8. The highest BCUT2D eigenvalue weighted by Gasteiger charge is 2.34. The Morgan fingerprint density at radius 1 is 1.32 bits per heavy atom. The van der Waals surface area contributed by atoms with Gasteiger partial charge in [-0.25, -0.2) is 9.37 Å². The van der Waals surface area contributed by atoms with E-state index >= 15 is 0 Å². The van der Waals surface area contributed by atoms with Gasteiger partial charge in [-0.3, -0.25) is 0 Å². The summed E-state index contributed by atoms with van der Waals surface area (Å²) in [5.41, 5.74) is -0.306. The smallest absolute Gasteiger partial charge is 0.240 e. The van der Waals surface area contributed by atoms with Crippen LogP contribution in [0.2, 0.25) is 0 Å². The number of nitrogens with zero attached hydrogens (tertiary/aromatic N) is 1. The average molecular weight is 310 g/mol. The summed E-state index contributed by atoms with van der Waals surface area (Å²) in [6.45, 7) is 1.80. The van der Waals surface area contributed by atoms with E-state index in [1.165, 1.54) is 17.4 Å². The summed E-state index contributed by atoms with van der Waals surface area (Å²) in [7, 11) is 0. The van der Waals surface area contributed by atoms with Gasteiger partial charge < -0.3 is 0 Å². The highest BCUT2D eigenvalue weighted by atomic mass is 35.5. The molecule has 0 bridgehead atoms. The topological polar surface area (TPSA) is 12.9 Å². The van der Waals surface area contributed by atoms with Crippen molar-refractivity contribution in [1.82, 2.24) is 4.98 Å². The van der Waals surface area contributed by atoms with Crippen LogP contribution in [0.3, 0.4) is 0 Å². The zero-order chi connectivity index (χ0) is 14.2. The van der Waals surface area contributed by atoms with Gasteiger partial charge in [-0.2, -0.15) is 13.2 Å². The van der Waals surface area contributed by atoms with E-state index in [4.69, 9.17) is 11.6 Å². The maximum Gasteiger partial charge on any atom is 0.419 e. The van der Waals surface area contributed by atoms with Crippen molar-refractivity contribution in [3.05, 3.63) is 40.2 Å². The van der Waals surface area contributed by atoms with E-state index in [9.17, 15) is 17.6 Å². The molecular formula is C12H8ClF4NS. The molecule has 0 spiro atoms. The van der Waals surface area contributed by atoms with E-state index in [2.05, 4.69) is 4.98 Å². The van der Waals surface area contributed by atoms with Gasteiger partial charge in [-0.15, -0.1) is 22.9 Å². The number of halogens is 5. The molecule has 0 saturated carbocycles. The minimum absolute atomic E-state index is 0.214. The Bertz CT molecular complexity index is 606. The zero-order valence-electron chi connectivity index (χ0n) is 9.68. The quantitative estimate of drug-likeness (QED) is 0.561. The average Bonchev–Trinajstić information content (AvgIpc) is 2.68. The van der Waals surface area contributed by atoms with Crippen molar-refractivity contribution in [1.29, 1.82) is 0 Å². The van der Waals surface area contributed by atoms with Crippen molar-refractivity contribution in [2.24, 2.45) is 0 Å². The van der Waals surface area contributed by atoms with Gasteiger partial charge in [0.15, 0.2) is 0 Å². The number of benzene rings is 1. The molecule has 0 saturated heterocycles. The predicted molar refractivity (Wildman–Crippen MR) is 66.8 cm³/mol. The molecule has 2 rings (SSSR count). The second-order valence-electron chi connectivity index (χ2n) is 3.85. The van der Waals surface area contributed by atoms with Crippen molar-refractivity contribution >= 4 is 22.9 Å². The molecule has 0 N–H and O–H groups in total. The molecule has 0 aliphatic carbocycles. The lowest BCUT2D eigenvalue weighted by Crippen LogP contribution is -2.07. The molecule has 1 nitrogen and oxygen atoms in total. The van der Waals surface area contributed by atoms with Crippen molar-refractivity contribution in [3.8, 4) is 10.6 Å². The molecule has 0 amide bonds. The third-order valence-corrected chi connectivity index (χ3v) is 3.86. The van der Waals surface area contributed by atoms with Gasteiger partial charge in [0.2, 0.25) is 0 Å². The molecule has 102 valence electrons. The van der Waals surface area contributed by atoms with Gasteiger partial charge in [0.1, 0.15) is 10.8 Å². The highest BCUT2D eigenvalue weighted by Crippen LogP contribution is 2.35. The third-order valence-electron chi connectivity index (χ3n) is 2.54. The summed E-state index contributed by atoms with van der Waals surface area (Å²) in [6.07, 6.45) is -4.69. The summed E-state index contributed by atoms with van der Waals surface area (Å²) in [5, 5.41) is 0.459. The second-order valence-corrected chi connectivity index (χ2v) is 5.32. The van der Waals surface area contributed by atoms with Crippen LogP contribution in [0.15, 0.2) is 18.2 Å². The maximum absolute atomic E-state index is 13.5. The lowest BCUT2D eigenvalue weighted by Gasteiger charge is -2.08. The van der Waals surface area contributed by atoms with Gasteiger partial charge in [-0.1, -0.05) is 6.07 Å². The number of hydrogen-bond donors (Lipinski definition) is 0. The van der Waals surface area contributed by atoms with Gasteiger partial charge in [0, 0.05) is 10.4 Å². The fraction of sp³-hybridized carbons (Fsp3) is 0.250. The first kappa shape index (κ1) is 14.3. The molecule has 1 aromatic heterocycles. The van der Waals surface area contributed by atoms with Crippen molar-refractivity contribution in [3.63, 3.8) is 0 Å². The number of aryl methyl sites for hydroxylation is 1. The Balaban J connectivity index is 2.44. The standard InChI is InChI=1S/C12H8ClF4NS/c1-6-10(5-13)18-11(19-6)7-2-3-8(9(14)4-7)12(15,16)17/h2-4H,5H2,1H3. The zero-order valence-corrected chi connectivity index (χ0v) is 11.3.